The van der Waals surface area contributed by atoms with Crippen LogP contribution in [0.3, 0.4) is 0 Å². The lowest BCUT2D eigenvalue weighted by Gasteiger charge is -2.36. The first-order valence-electron chi connectivity index (χ1n) is 9.95. The van der Waals surface area contributed by atoms with Gasteiger partial charge in [-0.15, -0.1) is 0 Å². The zero-order valence-corrected chi connectivity index (χ0v) is 16.7. The molecule has 6 nitrogen and oxygen atoms in total. The Hall–Kier alpha value is -2.08. The lowest BCUT2D eigenvalue weighted by molar-refractivity contribution is 0.0627. The van der Waals surface area contributed by atoms with Crippen LogP contribution in [-0.4, -0.2) is 59.6 Å². The molecule has 0 radical (unpaired) electrons. The summed E-state index contributed by atoms with van der Waals surface area (Å²) in [5, 5.41) is 2.70. The predicted octanol–water partition coefficient (Wildman–Crippen LogP) is 3.73. The molecule has 2 heterocycles. The highest BCUT2D eigenvalue weighted by molar-refractivity contribution is 5.96. The van der Waals surface area contributed by atoms with Crippen molar-refractivity contribution in [3.05, 3.63) is 29.8 Å². The zero-order chi connectivity index (χ0) is 19.4. The van der Waals surface area contributed by atoms with Crippen LogP contribution in [0.25, 0.3) is 0 Å². The number of carbonyl (C=O) groups excluding carboxylic acids is 2. The molecule has 0 atom stereocenters. The fraction of sp³-hybridized carbons (Fsp3) is 0.619. The lowest BCUT2D eigenvalue weighted by Crippen LogP contribution is -2.45. The van der Waals surface area contributed by atoms with E-state index in [0.717, 1.165) is 25.9 Å². The normalized spacial score (nSPS) is 19.1. The number of hydrogen-bond donors (Lipinski definition) is 1. The summed E-state index contributed by atoms with van der Waals surface area (Å²) in [5.74, 6) is 0.0303. The Balaban J connectivity index is 1.56. The van der Waals surface area contributed by atoms with E-state index in [0.29, 0.717) is 17.3 Å². The fourth-order valence-electron chi connectivity index (χ4n) is 3.87. The van der Waals surface area contributed by atoms with Crippen molar-refractivity contribution in [2.45, 2.75) is 58.1 Å². The summed E-state index contributed by atoms with van der Waals surface area (Å²) in [6.45, 7) is 9.45. The highest BCUT2D eigenvalue weighted by Gasteiger charge is 2.28. The number of anilines is 1. The van der Waals surface area contributed by atoms with Crippen molar-refractivity contribution in [2.75, 3.05) is 31.5 Å². The van der Waals surface area contributed by atoms with Gasteiger partial charge in [-0.3, -0.25) is 10.1 Å². The van der Waals surface area contributed by atoms with E-state index < -0.39 is 11.7 Å². The van der Waals surface area contributed by atoms with E-state index in [4.69, 9.17) is 4.74 Å². The van der Waals surface area contributed by atoms with Crippen LogP contribution in [0.4, 0.5) is 10.5 Å². The summed E-state index contributed by atoms with van der Waals surface area (Å²) in [4.78, 5) is 29.3. The zero-order valence-electron chi connectivity index (χ0n) is 16.7. The van der Waals surface area contributed by atoms with Crippen molar-refractivity contribution in [1.82, 2.24) is 9.80 Å². The summed E-state index contributed by atoms with van der Waals surface area (Å²) in [7, 11) is 0. The summed E-state index contributed by atoms with van der Waals surface area (Å²) in [6, 6.07) is 7.70. The van der Waals surface area contributed by atoms with E-state index >= 15 is 0 Å². The molecule has 1 aromatic rings. The summed E-state index contributed by atoms with van der Waals surface area (Å²) >= 11 is 0. The van der Waals surface area contributed by atoms with Gasteiger partial charge in [0.25, 0.3) is 5.91 Å². The van der Waals surface area contributed by atoms with Crippen molar-refractivity contribution in [1.29, 1.82) is 0 Å². The molecule has 2 amide bonds. The van der Waals surface area contributed by atoms with Gasteiger partial charge in [0.2, 0.25) is 0 Å². The molecule has 0 unspecified atom stereocenters. The van der Waals surface area contributed by atoms with Crippen molar-refractivity contribution in [3.8, 4) is 0 Å². The van der Waals surface area contributed by atoms with E-state index in [1.807, 2.05) is 25.7 Å². The van der Waals surface area contributed by atoms with Gasteiger partial charge in [-0.05, 0) is 77.7 Å². The van der Waals surface area contributed by atoms with Crippen molar-refractivity contribution in [3.63, 3.8) is 0 Å². The van der Waals surface area contributed by atoms with Gasteiger partial charge in [-0.1, -0.05) is 6.07 Å². The quantitative estimate of drug-likeness (QED) is 0.877. The van der Waals surface area contributed by atoms with Crippen LogP contribution in [0.15, 0.2) is 24.3 Å². The molecule has 0 aromatic heterocycles. The van der Waals surface area contributed by atoms with Gasteiger partial charge in [-0.2, -0.15) is 0 Å². The second kappa shape index (κ2) is 8.30. The molecule has 0 bridgehead atoms. The molecular formula is C21H31N3O3. The first kappa shape index (κ1) is 19.7. The number of ether oxygens (including phenoxy) is 1. The molecule has 0 aliphatic carbocycles. The van der Waals surface area contributed by atoms with Crippen LogP contribution in [-0.2, 0) is 4.74 Å². The maximum Gasteiger partial charge on any atom is 0.412 e. The average Bonchev–Trinajstić information content (AvgIpc) is 3.14. The minimum atomic E-state index is -0.558. The van der Waals surface area contributed by atoms with Crippen LogP contribution < -0.4 is 5.32 Å². The first-order valence-corrected chi connectivity index (χ1v) is 9.95. The van der Waals surface area contributed by atoms with Crippen molar-refractivity contribution >= 4 is 17.7 Å². The molecule has 0 saturated carbocycles. The van der Waals surface area contributed by atoms with E-state index in [1.165, 1.54) is 25.9 Å². The molecule has 2 saturated heterocycles. The highest BCUT2D eigenvalue weighted by atomic mass is 16.6. The van der Waals surface area contributed by atoms with E-state index in [1.54, 1.807) is 24.3 Å². The molecule has 2 aliphatic heterocycles. The average molecular weight is 373 g/mol. The van der Waals surface area contributed by atoms with Gasteiger partial charge in [0, 0.05) is 30.4 Å². The minimum Gasteiger partial charge on any atom is -0.444 e. The number of nitrogens with one attached hydrogen (secondary N) is 1. The molecule has 2 fully saturated rings. The van der Waals surface area contributed by atoms with E-state index in [9.17, 15) is 9.59 Å². The fourth-order valence-corrected chi connectivity index (χ4v) is 3.87. The summed E-state index contributed by atoms with van der Waals surface area (Å²) in [6.07, 6.45) is 4.18. The molecule has 27 heavy (non-hydrogen) atoms. The van der Waals surface area contributed by atoms with Crippen LogP contribution in [0, 0.1) is 0 Å². The van der Waals surface area contributed by atoms with Gasteiger partial charge in [0.1, 0.15) is 5.60 Å². The third-order valence-corrected chi connectivity index (χ3v) is 5.16. The third-order valence-electron chi connectivity index (χ3n) is 5.16. The minimum absolute atomic E-state index is 0.0303. The van der Waals surface area contributed by atoms with Crippen LogP contribution >= 0.6 is 0 Å². The monoisotopic (exact) mass is 373 g/mol. The van der Waals surface area contributed by atoms with E-state index in [2.05, 4.69) is 10.2 Å². The number of rotatable bonds is 3. The maximum atomic E-state index is 12.9. The number of amides is 2. The van der Waals surface area contributed by atoms with E-state index in [-0.39, 0.29) is 5.91 Å². The molecule has 1 aromatic carbocycles. The maximum absolute atomic E-state index is 12.9. The number of benzene rings is 1. The molecule has 0 spiro atoms. The second-order valence-electron chi connectivity index (χ2n) is 8.47. The standard InChI is InChI=1S/C21H31N3O3/c1-21(2,3)27-20(26)22-17-8-6-7-16(15-17)19(25)24-13-9-18(10-14-24)23-11-4-5-12-23/h6-8,15,18H,4-5,9-14H2,1-3H3,(H,22,26). The number of carbonyl (C=O) groups is 2. The lowest BCUT2D eigenvalue weighted by atomic mass is 10.0. The summed E-state index contributed by atoms with van der Waals surface area (Å²) in [5.41, 5.74) is 0.613. The Labute approximate surface area is 161 Å². The van der Waals surface area contributed by atoms with Gasteiger partial charge in [0.05, 0.1) is 0 Å². The Morgan fingerprint density at radius 1 is 1.07 bits per heavy atom. The largest absolute Gasteiger partial charge is 0.444 e. The SMILES string of the molecule is CC(C)(C)OC(=O)Nc1cccc(C(=O)N2CCC(N3CCCC3)CC2)c1. The van der Waals surface area contributed by atoms with Crippen molar-refractivity contribution < 1.29 is 14.3 Å². The number of likely N-dealkylation sites (tertiary alicyclic amines) is 2. The van der Waals surface area contributed by atoms with Gasteiger partial charge < -0.3 is 14.5 Å². The van der Waals surface area contributed by atoms with Gasteiger partial charge >= 0.3 is 6.09 Å². The highest BCUT2D eigenvalue weighted by Crippen LogP contribution is 2.23. The van der Waals surface area contributed by atoms with Crippen molar-refractivity contribution in [2.24, 2.45) is 0 Å². The number of piperidine rings is 1. The second-order valence-corrected chi connectivity index (χ2v) is 8.47. The summed E-state index contributed by atoms with van der Waals surface area (Å²) < 4.78 is 5.27. The third kappa shape index (κ3) is 5.45. The predicted molar refractivity (Wildman–Crippen MR) is 106 cm³/mol. The van der Waals surface area contributed by atoms with Gasteiger partial charge in [-0.25, -0.2) is 4.79 Å². The smallest absolute Gasteiger partial charge is 0.412 e. The topological polar surface area (TPSA) is 61.9 Å². The Morgan fingerprint density at radius 3 is 2.37 bits per heavy atom. The Kier molecular flexibility index (Phi) is 6.05. The molecule has 1 N–H and O–H groups in total. The molecule has 148 valence electrons. The molecule has 3 rings (SSSR count). The Bertz CT molecular complexity index is 669. The number of hydrogen-bond acceptors (Lipinski definition) is 4. The van der Waals surface area contributed by atoms with Crippen LogP contribution in [0.1, 0.15) is 56.8 Å². The van der Waals surface area contributed by atoms with Crippen LogP contribution in [0.5, 0.6) is 0 Å². The number of nitrogens with zero attached hydrogens (tertiary/aromatic N) is 2. The van der Waals surface area contributed by atoms with Crippen LogP contribution in [0.2, 0.25) is 0 Å². The van der Waals surface area contributed by atoms with Gasteiger partial charge in [0.15, 0.2) is 0 Å². The Morgan fingerprint density at radius 2 is 1.74 bits per heavy atom. The molecule has 2 aliphatic rings. The molecule has 6 heteroatoms. The first-order chi connectivity index (χ1) is 12.8. The molecular weight excluding hydrogens is 342 g/mol.